The molecule has 0 aliphatic heterocycles. The van der Waals surface area contributed by atoms with Crippen LogP contribution in [0.4, 0.5) is 0 Å². The van der Waals surface area contributed by atoms with Gasteiger partial charge in [-0.2, -0.15) is 9.50 Å². The summed E-state index contributed by atoms with van der Waals surface area (Å²) in [4.78, 5) is 17.1. The highest BCUT2D eigenvalue weighted by molar-refractivity contribution is 5.75. The van der Waals surface area contributed by atoms with Gasteiger partial charge in [-0.15, -0.1) is 15.3 Å². The molecule has 25 heavy (non-hydrogen) atoms. The molecule has 9 heteroatoms. The normalized spacial score (nSPS) is 11.2. The van der Waals surface area contributed by atoms with Gasteiger partial charge in [-0.3, -0.25) is 9.36 Å². The molecule has 0 fully saturated rings. The maximum absolute atomic E-state index is 12.9. The lowest BCUT2D eigenvalue weighted by atomic mass is 10.2. The van der Waals surface area contributed by atoms with Gasteiger partial charge < -0.3 is 9.47 Å². The summed E-state index contributed by atoms with van der Waals surface area (Å²) in [5.74, 6) is 2.05. The molecule has 0 amide bonds. The summed E-state index contributed by atoms with van der Waals surface area (Å²) in [6.45, 7) is 1.75. The minimum Gasteiger partial charge on any atom is -0.497 e. The summed E-state index contributed by atoms with van der Waals surface area (Å²) in [6, 6.07) is 6.96. The van der Waals surface area contributed by atoms with Crippen LogP contribution in [0, 0.1) is 6.92 Å². The van der Waals surface area contributed by atoms with E-state index in [1.807, 2.05) is 0 Å². The second-order valence-electron chi connectivity index (χ2n) is 5.33. The van der Waals surface area contributed by atoms with E-state index in [1.165, 1.54) is 16.2 Å². The second-order valence-corrected chi connectivity index (χ2v) is 5.33. The quantitative estimate of drug-likeness (QED) is 0.553. The molecule has 3 aromatic heterocycles. The molecular formula is C16H14N6O3. The molecule has 0 radical (unpaired) electrons. The molecule has 3 heterocycles. The largest absolute Gasteiger partial charge is 0.497 e. The third kappa shape index (κ3) is 2.28. The molecule has 0 unspecified atom stereocenters. The minimum atomic E-state index is -0.330. The van der Waals surface area contributed by atoms with E-state index in [0.717, 1.165) is 0 Å². The lowest BCUT2D eigenvalue weighted by Gasteiger charge is -2.12. The number of benzene rings is 1. The average Bonchev–Trinajstić information content (AvgIpc) is 3.02. The van der Waals surface area contributed by atoms with Crippen LogP contribution in [-0.4, -0.2) is 43.6 Å². The number of hydrogen-bond acceptors (Lipinski definition) is 7. The zero-order valence-corrected chi connectivity index (χ0v) is 13.8. The second kappa shape index (κ2) is 5.55. The van der Waals surface area contributed by atoms with Gasteiger partial charge in [0.25, 0.3) is 11.3 Å². The Morgan fingerprint density at radius 1 is 1.08 bits per heavy atom. The van der Waals surface area contributed by atoms with Crippen LogP contribution in [0.1, 0.15) is 5.82 Å². The molecule has 9 nitrogen and oxygen atoms in total. The first-order valence-corrected chi connectivity index (χ1v) is 7.46. The summed E-state index contributed by atoms with van der Waals surface area (Å²) >= 11 is 0. The molecule has 126 valence electrons. The Hall–Kier alpha value is -3.49. The number of pyridine rings is 1. The van der Waals surface area contributed by atoms with Crippen LogP contribution in [0.15, 0.2) is 35.3 Å². The molecule has 1 aromatic carbocycles. The van der Waals surface area contributed by atoms with Crippen molar-refractivity contribution in [2.45, 2.75) is 6.92 Å². The fourth-order valence-electron chi connectivity index (χ4n) is 2.68. The number of rotatable bonds is 3. The Morgan fingerprint density at radius 2 is 1.92 bits per heavy atom. The maximum Gasteiger partial charge on any atom is 0.285 e. The Labute approximate surface area is 141 Å². The minimum absolute atomic E-state index is 0.192. The summed E-state index contributed by atoms with van der Waals surface area (Å²) < 4.78 is 13.5. The zero-order chi connectivity index (χ0) is 17.6. The highest BCUT2D eigenvalue weighted by atomic mass is 16.5. The molecule has 0 saturated heterocycles. The summed E-state index contributed by atoms with van der Waals surface area (Å²) in [7, 11) is 3.10. The van der Waals surface area contributed by atoms with E-state index in [1.54, 1.807) is 44.5 Å². The topological polar surface area (TPSA) is 96.4 Å². The first-order chi connectivity index (χ1) is 12.1. The van der Waals surface area contributed by atoms with E-state index >= 15 is 0 Å². The molecule has 0 aliphatic carbocycles. The van der Waals surface area contributed by atoms with Crippen LogP contribution in [0.3, 0.4) is 0 Å². The van der Waals surface area contributed by atoms with Gasteiger partial charge >= 0.3 is 0 Å². The molecule has 4 aromatic rings. The van der Waals surface area contributed by atoms with Crippen LogP contribution in [0.2, 0.25) is 0 Å². The van der Waals surface area contributed by atoms with Gasteiger partial charge in [0.15, 0.2) is 5.52 Å². The number of nitrogens with zero attached hydrogens (tertiary/aromatic N) is 6. The van der Waals surface area contributed by atoms with Gasteiger partial charge in [0, 0.05) is 12.3 Å². The van der Waals surface area contributed by atoms with Crippen molar-refractivity contribution in [3.8, 4) is 17.2 Å². The van der Waals surface area contributed by atoms with E-state index in [-0.39, 0.29) is 11.1 Å². The van der Waals surface area contributed by atoms with Crippen LogP contribution < -0.4 is 15.0 Å². The molecule has 0 bridgehead atoms. The van der Waals surface area contributed by atoms with Crippen molar-refractivity contribution in [2.24, 2.45) is 0 Å². The number of aromatic nitrogens is 6. The van der Waals surface area contributed by atoms with Gasteiger partial charge in [-0.05, 0) is 25.1 Å². The smallest absolute Gasteiger partial charge is 0.285 e. The number of ether oxygens (including phenoxy) is 2. The third-order valence-corrected chi connectivity index (χ3v) is 3.86. The van der Waals surface area contributed by atoms with Crippen molar-refractivity contribution >= 4 is 16.8 Å². The third-order valence-electron chi connectivity index (χ3n) is 3.86. The standard InChI is InChI=1S/C16H14N6O3/c1-9-17-16-19-18-14-12(22(16)20-9)6-7-21(15(14)23)11-5-4-10(24-2)8-13(11)25-3/h4-8H,1-3H3. The molecule has 4 rings (SSSR count). The zero-order valence-electron chi connectivity index (χ0n) is 13.8. The molecule has 0 aliphatic rings. The van der Waals surface area contributed by atoms with Gasteiger partial charge in [0.05, 0.1) is 19.9 Å². The van der Waals surface area contributed by atoms with Gasteiger partial charge in [0.2, 0.25) is 0 Å². The van der Waals surface area contributed by atoms with Crippen molar-refractivity contribution in [3.63, 3.8) is 0 Å². The van der Waals surface area contributed by atoms with E-state index in [2.05, 4.69) is 20.3 Å². The predicted octanol–water partition coefficient (Wildman–Crippen LogP) is 1.15. The summed E-state index contributed by atoms with van der Waals surface area (Å²) in [5.41, 5.74) is 0.979. The van der Waals surface area contributed by atoms with E-state index in [0.29, 0.717) is 34.3 Å². The maximum atomic E-state index is 12.9. The van der Waals surface area contributed by atoms with Crippen molar-refractivity contribution in [2.75, 3.05) is 14.2 Å². The van der Waals surface area contributed by atoms with Crippen LogP contribution >= 0.6 is 0 Å². The Bertz CT molecular complexity index is 1160. The van der Waals surface area contributed by atoms with Crippen molar-refractivity contribution in [1.29, 1.82) is 0 Å². The van der Waals surface area contributed by atoms with Gasteiger partial charge in [0.1, 0.15) is 22.8 Å². The summed E-state index contributed by atoms with van der Waals surface area (Å²) in [6.07, 6.45) is 1.65. The Morgan fingerprint density at radius 3 is 2.68 bits per heavy atom. The highest BCUT2D eigenvalue weighted by Crippen LogP contribution is 2.27. The first-order valence-electron chi connectivity index (χ1n) is 7.46. The molecule has 0 spiro atoms. The molecular weight excluding hydrogens is 324 g/mol. The number of fused-ring (bicyclic) bond motifs is 3. The number of methoxy groups -OCH3 is 2. The van der Waals surface area contributed by atoms with E-state index < -0.39 is 0 Å². The van der Waals surface area contributed by atoms with Gasteiger partial charge in [-0.25, -0.2) is 0 Å². The lowest BCUT2D eigenvalue weighted by Crippen LogP contribution is -2.20. The van der Waals surface area contributed by atoms with Crippen molar-refractivity contribution in [1.82, 2.24) is 29.4 Å². The number of aryl methyl sites for hydroxylation is 1. The van der Waals surface area contributed by atoms with E-state index in [4.69, 9.17) is 9.47 Å². The molecule has 0 saturated carbocycles. The Balaban J connectivity index is 1.99. The fraction of sp³-hybridized carbons (Fsp3) is 0.188. The van der Waals surface area contributed by atoms with Crippen LogP contribution in [0.25, 0.3) is 22.5 Å². The molecule has 0 atom stereocenters. The Kier molecular flexibility index (Phi) is 3.34. The average molecular weight is 338 g/mol. The predicted molar refractivity (Wildman–Crippen MR) is 89.5 cm³/mol. The highest BCUT2D eigenvalue weighted by Gasteiger charge is 2.14. The first kappa shape index (κ1) is 15.1. The van der Waals surface area contributed by atoms with Crippen LogP contribution in [0.5, 0.6) is 11.5 Å². The van der Waals surface area contributed by atoms with Crippen molar-refractivity contribution in [3.05, 3.63) is 46.6 Å². The lowest BCUT2D eigenvalue weighted by molar-refractivity contribution is 0.393. The van der Waals surface area contributed by atoms with E-state index in [9.17, 15) is 4.79 Å². The van der Waals surface area contributed by atoms with Gasteiger partial charge in [-0.1, -0.05) is 0 Å². The SMILES string of the molecule is COc1ccc(-n2ccc3c(nnc4nc(C)nn43)c2=O)c(OC)c1. The summed E-state index contributed by atoms with van der Waals surface area (Å²) in [5, 5.41) is 12.3. The van der Waals surface area contributed by atoms with Crippen LogP contribution in [-0.2, 0) is 0 Å². The fourth-order valence-corrected chi connectivity index (χ4v) is 2.68. The monoisotopic (exact) mass is 338 g/mol. The number of hydrogen-bond donors (Lipinski definition) is 0. The van der Waals surface area contributed by atoms with Crippen molar-refractivity contribution < 1.29 is 9.47 Å². The molecule has 0 N–H and O–H groups in total.